The van der Waals surface area contributed by atoms with Crippen molar-refractivity contribution in [2.75, 3.05) is 40.2 Å². The van der Waals surface area contributed by atoms with Crippen LogP contribution in [0.15, 0.2) is 48.9 Å². The van der Waals surface area contributed by atoms with Crippen LogP contribution in [0.1, 0.15) is 18.1 Å². The minimum atomic E-state index is -4.65. The molecule has 1 aromatic carbocycles. The molecule has 206 valence electrons. The van der Waals surface area contributed by atoms with Gasteiger partial charge in [-0.1, -0.05) is 6.92 Å². The highest BCUT2D eigenvalue weighted by atomic mass is 32.2. The molecule has 0 saturated carbocycles. The molecule has 3 aromatic rings. The van der Waals surface area contributed by atoms with E-state index in [1.165, 1.54) is 18.3 Å². The van der Waals surface area contributed by atoms with E-state index in [0.717, 1.165) is 28.3 Å². The van der Waals surface area contributed by atoms with E-state index in [-0.39, 0.29) is 35.5 Å². The van der Waals surface area contributed by atoms with Crippen molar-refractivity contribution >= 4 is 39.1 Å². The van der Waals surface area contributed by atoms with Crippen LogP contribution in [0.3, 0.4) is 0 Å². The second-order valence-electron chi connectivity index (χ2n) is 8.55. The lowest BCUT2D eigenvalue weighted by Crippen LogP contribution is -2.33. The molecule has 1 N–H and O–H groups in total. The van der Waals surface area contributed by atoms with Gasteiger partial charge in [0, 0.05) is 31.3 Å². The first-order chi connectivity index (χ1) is 18.4. The molecule has 0 atom stereocenters. The Morgan fingerprint density at radius 3 is 2.56 bits per heavy atom. The van der Waals surface area contributed by atoms with Gasteiger partial charge in [-0.15, -0.1) is 0 Å². The fourth-order valence-corrected chi connectivity index (χ4v) is 4.19. The van der Waals surface area contributed by atoms with Gasteiger partial charge in [0.25, 0.3) is 5.91 Å². The highest BCUT2D eigenvalue weighted by Crippen LogP contribution is 2.34. The molecule has 1 saturated heterocycles. The van der Waals surface area contributed by atoms with Gasteiger partial charge in [-0.3, -0.25) is 14.7 Å². The molecule has 2 aromatic heterocycles. The Labute approximate surface area is 221 Å². The second-order valence-corrected chi connectivity index (χ2v) is 10.8. The van der Waals surface area contributed by atoms with Gasteiger partial charge in [-0.05, 0) is 36.2 Å². The minimum Gasteiger partial charge on any atom is -0.439 e. The average Bonchev–Trinajstić information content (AvgIpc) is 3.17. The van der Waals surface area contributed by atoms with Crippen LogP contribution in [0.25, 0.3) is 0 Å². The lowest BCUT2D eigenvalue weighted by molar-refractivity contribution is -0.137. The molecule has 1 fully saturated rings. The summed E-state index contributed by atoms with van der Waals surface area (Å²) in [7, 11) is -3.16. The zero-order chi connectivity index (χ0) is 28.4. The number of alkyl halides is 3. The Morgan fingerprint density at radius 1 is 1.10 bits per heavy atom. The van der Waals surface area contributed by atoms with Gasteiger partial charge < -0.3 is 10.1 Å². The summed E-state index contributed by atoms with van der Waals surface area (Å²) >= 11 is 0. The molecule has 39 heavy (non-hydrogen) atoms. The summed E-state index contributed by atoms with van der Waals surface area (Å²) in [5.74, 6) is 0.0151. The predicted octanol–water partition coefficient (Wildman–Crippen LogP) is 3.67. The fourth-order valence-electron chi connectivity index (χ4n) is 3.71. The number of urea groups is 1. The van der Waals surface area contributed by atoms with Crippen LogP contribution in [-0.2, 0) is 27.2 Å². The van der Waals surface area contributed by atoms with E-state index in [0.29, 0.717) is 23.9 Å². The number of nitrogens with one attached hydrogen (secondary N) is 1. The van der Waals surface area contributed by atoms with Crippen LogP contribution in [0.2, 0.25) is 0 Å². The zero-order valence-corrected chi connectivity index (χ0v) is 21.6. The SMILES string of the molecule is CCc1cc(N2C(=O)CN(c3cncc(C(F)(F)F)c3)C2=O)ccc1Oc1ccnc(NCCS(C)(=O)=O)n1. The molecule has 3 heterocycles. The summed E-state index contributed by atoms with van der Waals surface area (Å²) in [6, 6.07) is 6.06. The molecule has 0 unspecified atom stereocenters. The summed E-state index contributed by atoms with van der Waals surface area (Å²) in [5.41, 5.74) is -0.335. The Bertz CT molecular complexity index is 1520. The number of rotatable bonds is 9. The number of benzene rings is 1. The van der Waals surface area contributed by atoms with Crippen molar-refractivity contribution in [2.24, 2.45) is 0 Å². The Morgan fingerprint density at radius 2 is 1.87 bits per heavy atom. The van der Waals surface area contributed by atoms with Crippen LogP contribution in [-0.4, -0.2) is 60.4 Å². The molecule has 1 aliphatic rings. The summed E-state index contributed by atoms with van der Waals surface area (Å²) < 4.78 is 67.8. The largest absolute Gasteiger partial charge is 0.439 e. The number of sulfone groups is 1. The van der Waals surface area contributed by atoms with Gasteiger partial charge in [0.1, 0.15) is 22.1 Å². The van der Waals surface area contributed by atoms with Gasteiger partial charge >= 0.3 is 12.2 Å². The van der Waals surface area contributed by atoms with Crippen LogP contribution in [0.5, 0.6) is 11.6 Å². The topological polar surface area (TPSA) is 135 Å². The maximum Gasteiger partial charge on any atom is 0.417 e. The van der Waals surface area contributed by atoms with E-state index < -0.39 is 40.1 Å². The number of ether oxygens (including phenoxy) is 1. The van der Waals surface area contributed by atoms with E-state index in [9.17, 15) is 31.2 Å². The van der Waals surface area contributed by atoms with Gasteiger partial charge in [0.15, 0.2) is 0 Å². The third-order valence-corrected chi connectivity index (χ3v) is 6.56. The molecule has 11 nitrogen and oxygen atoms in total. The number of anilines is 3. The number of nitrogens with zero attached hydrogens (tertiary/aromatic N) is 5. The predicted molar refractivity (Wildman–Crippen MR) is 136 cm³/mol. The van der Waals surface area contributed by atoms with E-state index in [4.69, 9.17) is 4.74 Å². The Hall–Kier alpha value is -4.27. The summed E-state index contributed by atoms with van der Waals surface area (Å²) in [5, 5.41) is 2.81. The van der Waals surface area contributed by atoms with E-state index >= 15 is 0 Å². The number of aryl methyl sites for hydroxylation is 1. The number of carbonyl (C=O) groups is 2. The van der Waals surface area contributed by atoms with E-state index in [1.807, 2.05) is 6.92 Å². The summed E-state index contributed by atoms with van der Waals surface area (Å²) in [4.78, 5) is 39.4. The number of imide groups is 1. The molecular weight excluding hydrogens is 541 g/mol. The van der Waals surface area contributed by atoms with Crippen LogP contribution in [0.4, 0.5) is 35.3 Å². The minimum absolute atomic E-state index is 0.0987. The number of amides is 3. The molecule has 4 rings (SSSR count). The molecular formula is C24H23F3N6O5S. The van der Waals surface area contributed by atoms with Gasteiger partial charge in [-0.25, -0.2) is 23.1 Å². The van der Waals surface area contributed by atoms with Crippen molar-refractivity contribution in [3.8, 4) is 11.6 Å². The van der Waals surface area contributed by atoms with Crippen LogP contribution >= 0.6 is 0 Å². The number of pyridine rings is 1. The first-order valence-electron chi connectivity index (χ1n) is 11.6. The quantitative estimate of drug-likeness (QED) is 0.386. The maximum absolute atomic E-state index is 13.1. The average molecular weight is 565 g/mol. The zero-order valence-electron chi connectivity index (χ0n) is 20.8. The highest BCUT2D eigenvalue weighted by molar-refractivity contribution is 7.90. The van der Waals surface area contributed by atoms with Crippen LogP contribution in [0, 0.1) is 0 Å². The molecule has 15 heteroatoms. The van der Waals surface area contributed by atoms with Gasteiger partial charge in [0.05, 0.1) is 28.9 Å². The standard InChI is InChI=1S/C24H23F3N6O5S/c1-3-15-10-17(4-5-19(15)38-20-6-7-29-22(31-20)30-8-9-39(2,36)37)33-21(34)14-32(23(33)35)18-11-16(12-28-13-18)24(25,26)27/h4-7,10-13H,3,8-9,14H2,1-2H3,(H,29,30,31). The normalized spacial score (nSPS) is 14.2. The van der Waals surface area contributed by atoms with Crippen LogP contribution < -0.4 is 19.9 Å². The monoisotopic (exact) mass is 564 g/mol. The third kappa shape index (κ3) is 6.60. The van der Waals surface area contributed by atoms with Gasteiger partial charge in [0.2, 0.25) is 11.8 Å². The fraction of sp³-hybridized carbons (Fsp3) is 0.292. The summed E-state index contributed by atoms with van der Waals surface area (Å²) in [6.07, 6.45) is 0.0774. The Balaban J connectivity index is 1.52. The molecule has 0 bridgehead atoms. The van der Waals surface area contributed by atoms with Crippen molar-refractivity contribution < 1.29 is 35.9 Å². The first-order valence-corrected chi connectivity index (χ1v) is 13.6. The van der Waals surface area contributed by atoms with Crippen molar-refractivity contribution in [3.05, 3.63) is 60.0 Å². The third-order valence-electron chi connectivity index (χ3n) is 5.61. The number of hydrogen-bond acceptors (Lipinski definition) is 9. The molecule has 3 amide bonds. The number of aromatic nitrogens is 3. The molecule has 1 aliphatic heterocycles. The molecule has 0 spiro atoms. The number of halogens is 3. The van der Waals surface area contributed by atoms with Crippen molar-refractivity contribution in [2.45, 2.75) is 19.5 Å². The van der Waals surface area contributed by atoms with Gasteiger partial charge in [-0.2, -0.15) is 18.2 Å². The maximum atomic E-state index is 13.1. The van der Waals surface area contributed by atoms with Crippen molar-refractivity contribution in [3.63, 3.8) is 0 Å². The molecule has 0 aliphatic carbocycles. The van der Waals surface area contributed by atoms with E-state index in [1.54, 1.807) is 12.1 Å². The molecule has 0 radical (unpaired) electrons. The Kier molecular flexibility index (Phi) is 7.72. The van der Waals surface area contributed by atoms with Crippen molar-refractivity contribution in [1.29, 1.82) is 0 Å². The highest BCUT2D eigenvalue weighted by Gasteiger charge is 2.39. The van der Waals surface area contributed by atoms with Crippen molar-refractivity contribution in [1.82, 2.24) is 15.0 Å². The number of hydrogen-bond donors (Lipinski definition) is 1. The second kappa shape index (κ2) is 10.8. The first kappa shape index (κ1) is 27.8. The number of carbonyl (C=O) groups excluding carboxylic acids is 2. The smallest absolute Gasteiger partial charge is 0.417 e. The summed E-state index contributed by atoms with van der Waals surface area (Å²) in [6.45, 7) is 1.50. The lowest BCUT2D eigenvalue weighted by atomic mass is 10.1. The lowest BCUT2D eigenvalue weighted by Gasteiger charge is -2.19. The van der Waals surface area contributed by atoms with E-state index in [2.05, 4.69) is 20.3 Å².